The van der Waals surface area contributed by atoms with Crippen LogP contribution in [-0.2, 0) is 9.53 Å². The van der Waals surface area contributed by atoms with Crippen LogP contribution in [0.1, 0.15) is 31.1 Å². The van der Waals surface area contributed by atoms with Gasteiger partial charge in [0, 0.05) is 19.5 Å². The predicted octanol–water partition coefficient (Wildman–Crippen LogP) is 2.81. The first-order valence-electron chi connectivity index (χ1n) is 7.47. The van der Waals surface area contributed by atoms with Crippen molar-refractivity contribution in [1.29, 1.82) is 0 Å². The third-order valence-corrected chi connectivity index (χ3v) is 3.67. The zero-order valence-electron chi connectivity index (χ0n) is 13.9. The normalized spacial score (nSPS) is 10.5. The van der Waals surface area contributed by atoms with Crippen molar-refractivity contribution in [3.63, 3.8) is 0 Å². The Morgan fingerprint density at radius 3 is 2.43 bits per heavy atom. The second kappa shape index (κ2) is 9.37. The van der Waals surface area contributed by atoms with Crippen LogP contribution in [0.5, 0.6) is 5.75 Å². The number of amides is 1. The number of hydrogen-bond donors (Lipinski definition) is 1. The van der Waals surface area contributed by atoms with Gasteiger partial charge >= 0.3 is 5.97 Å². The van der Waals surface area contributed by atoms with E-state index in [4.69, 9.17) is 21.1 Å². The van der Waals surface area contributed by atoms with Gasteiger partial charge in [-0.2, -0.15) is 0 Å². The number of likely N-dealkylation sites (N-methyl/N-ethyl adjacent to an activating group) is 1. The first kappa shape index (κ1) is 19.3. The lowest BCUT2D eigenvalue weighted by Crippen LogP contribution is -2.28. The van der Waals surface area contributed by atoms with Crippen LogP contribution >= 0.6 is 11.6 Å². The Bertz CT molecular complexity index is 559. The van der Waals surface area contributed by atoms with Crippen LogP contribution in [0.25, 0.3) is 0 Å². The summed E-state index contributed by atoms with van der Waals surface area (Å²) in [6.07, 6.45) is 0. The minimum absolute atomic E-state index is 0.228. The van der Waals surface area contributed by atoms with E-state index in [1.165, 1.54) is 26.2 Å². The fourth-order valence-electron chi connectivity index (χ4n) is 2.05. The zero-order valence-corrected chi connectivity index (χ0v) is 14.7. The van der Waals surface area contributed by atoms with Gasteiger partial charge in [-0.05, 0) is 19.2 Å². The molecule has 1 aromatic carbocycles. The molecule has 0 radical (unpaired) electrons. The number of carbonyl (C=O) groups excluding carboxylic acids is 2. The standard InChI is InChI=1S/C16H23ClN2O4/c1-5-19(6-2)7-8-23-16(21)12-9-13(17)14(18-11(3)20)10-15(12)22-4/h9-10H,5-8H2,1-4H3,(H,18,20). The van der Waals surface area contributed by atoms with E-state index in [1.54, 1.807) is 0 Å². The highest BCUT2D eigenvalue weighted by atomic mass is 35.5. The summed E-state index contributed by atoms with van der Waals surface area (Å²) in [5.41, 5.74) is 0.613. The Morgan fingerprint density at radius 1 is 1.26 bits per heavy atom. The van der Waals surface area contributed by atoms with E-state index in [-0.39, 0.29) is 23.1 Å². The van der Waals surface area contributed by atoms with E-state index in [0.29, 0.717) is 18.0 Å². The monoisotopic (exact) mass is 342 g/mol. The first-order chi connectivity index (χ1) is 10.9. The lowest BCUT2D eigenvalue weighted by atomic mass is 10.1. The number of nitrogens with one attached hydrogen (secondary N) is 1. The molecule has 0 aliphatic rings. The molecule has 0 bridgehead atoms. The molecular formula is C16H23ClN2O4. The molecule has 0 aliphatic carbocycles. The lowest BCUT2D eigenvalue weighted by Gasteiger charge is -2.18. The molecule has 0 aromatic heterocycles. The van der Waals surface area contributed by atoms with E-state index in [2.05, 4.69) is 24.1 Å². The number of ether oxygens (including phenoxy) is 2. The van der Waals surface area contributed by atoms with Gasteiger partial charge in [0.25, 0.3) is 0 Å². The van der Waals surface area contributed by atoms with Crippen LogP contribution in [0.3, 0.4) is 0 Å². The second-order valence-electron chi connectivity index (χ2n) is 4.88. The van der Waals surface area contributed by atoms with Gasteiger partial charge in [-0.25, -0.2) is 4.79 Å². The number of benzene rings is 1. The summed E-state index contributed by atoms with van der Waals surface area (Å²) in [6.45, 7) is 8.22. The molecule has 23 heavy (non-hydrogen) atoms. The highest BCUT2D eigenvalue weighted by Crippen LogP contribution is 2.31. The van der Waals surface area contributed by atoms with Crippen molar-refractivity contribution in [2.75, 3.05) is 38.7 Å². The zero-order chi connectivity index (χ0) is 17.4. The van der Waals surface area contributed by atoms with Gasteiger partial charge in [0.2, 0.25) is 5.91 Å². The smallest absolute Gasteiger partial charge is 0.342 e. The fourth-order valence-corrected chi connectivity index (χ4v) is 2.26. The molecule has 1 aromatic rings. The Kier molecular flexibility index (Phi) is 7.85. The largest absolute Gasteiger partial charge is 0.496 e. The Balaban J connectivity index is 2.83. The summed E-state index contributed by atoms with van der Waals surface area (Å²) in [5.74, 6) is -0.472. The van der Waals surface area contributed by atoms with Crippen molar-refractivity contribution in [3.05, 3.63) is 22.7 Å². The summed E-state index contributed by atoms with van der Waals surface area (Å²) < 4.78 is 10.5. The number of methoxy groups -OCH3 is 1. The Labute approximate surface area is 141 Å². The van der Waals surface area contributed by atoms with Gasteiger partial charge in [-0.3, -0.25) is 4.79 Å². The Hall–Kier alpha value is -1.79. The maximum absolute atomic E-state index is 12.2. The molecule has 1 rings (SSSR count). The predicted molar refractivity (Wildman–Crippen MR) is 90.4 cm³/mol. The van der Waals surface area contributed by atoms with Gasteiger partial charge in [-0.1, -0.05) is 25.4 Å². The van der Waals surface area contributed by atoms with Crippen molar-refractivity contribution in [1.82, 2.24) is 4.90 Å². The number of carbonyl (C=O) groups is 2. The molecule has 0 atom stereocenters. The average Bonchev–Trinajstić information content (AvgIpc) is 2.52. The SMILES string of the molecule is CCN(CC)CCOC(=O)c1cc(Cl)c(NC(C)=O)cc1OC. The molecule has 1 amide bonds. The van der Waals surface area contributed by atoms with Crippen LogP contribution in [-0.4, -0.2) is 50.1 Å². The maximum atomic E-state index is 12.2. The topological polar surface area (TPSA) is 67.9 Å². The van der Waals surface area contributed by atoms with E-state index in [9.17, 15) is 9.59 Å². The summed E-state index contributed by atoms with van der Waals surface area (Å²) in [5, 5.41) is 2.82. The molecule has 0 aliphatic heterocycles. The van der Waals surface area contributed by atoms with Crippen LogP contribution in [0, 0.1) is 0 Å². The van der Waals surface area contributed by atoms with E-state index >= 15 is 0 Å². The van der Waals surface area contributed by atoms with Crippen molar-refractivity contribution < 1.29 is 19.1 Å². The summed E-state index contributed by atoms with van der Waals surface area (Å²) in [7, 11) is 1.44. The molecule has 7 heteroatoms. The summed E-state index contributed by atoms with van der Waals surface area (Å²) in [6, 6.07) is 2.94. The third-order valence-electron chi connectivity index (χ3n) is 3.35. The number of nitrogens with zero attached hydrogens (tertiary/aromatic N) is 1. The maximum Gasteiger partial charge on any atom is 0.342 e. The quantitative estimate of drug-likeness (QED) is 0.736. The number of hydrogen-bond acceptors (Lipinski definition) is 5. The second-order valence-corrected chi connectivity index (χ2v) is 5.28. The van der Waals surface area contributed by atoms with Crippen LogP contribution in [0.15, 0.2) is 12.1 Å². The first-order valence-corrected chi connectivity index (χ1v) is 7.85. The molecule has 0 unspecified atom stereocenters. The highest BCUT2D eigenvalue weighted by Gasteiger charge is 2.18. The minimum atomic E-state index is -0.509. The number of anilines is 1. The third kappa shape index (κ3) is 5.73. The molecule has 1 N–H and O–H groups in total. The lowest BCUT2D eigenvalue weighted by molar-refractivity contribution is -0.114. The van der Waals surface area contributed by atoms with E-state index in [1.807, 2.05) is 0 Å². The molecule has 0 fully saturated rings. The van der Waals surface area contributed by atoms with E-state index in [0.717, 1.165) is 13.1 Å². The molecule has 0 saturated carbocycles. The van der Waals surface area contributed by atoms with Crippen LogP contribution in [0.4, 0.5) is 5.69 Å². The Morgan fingerprint density at radius 2 is 1.91 bits per heavy atom. The fraction of sp³-hybridized carbons (Fsp3) is 0.500. The molecule has 0 heterocycles. The van der Waals surface area contributed by atoms with Gasteiger partial charge in [0.1, 0.15) is 17.9 Å². The highest BCUT2D eigenvalue weighted by molar-refractivity contribution is 6.34. The number of halogens is 1. The molecule has 6 nitrogen and oxygen atoms in total. The van der Waals surface area contributed by atoms with Crippen LogP contribution in [0.2, 0.25) is 5.02 Å². The van der Waals surface area contributed by atoms with Crippen molar-refractivity contribution in [2.24, 2.45) is 0 Å². The summed E-state index contributed by atoms with van der Waals surface area (Å²) >= 11 is 6.09. The summed E-state index contributed by atoms with van der Waals surface area (Å²) in [4.78, 5) is 25.5. The van der Waals surface area contributed by atoms with Gasteiger partial charge in [-0.15, -0.1) is 0 Å². The van der Waals surface area contributed by atoms with Gasteiger partial charge in [0.15, 0.2) is 0 Å². The molecule has 0 saturated heterocycles. The van der Waals surface area contributed by atoms with Gasteiger partial charge < -0.3 is 19.7 Å². The number of rotatable bonds is 8. The average molecular weight is 343 g/mol. The molecule has 128 valence electrons. The minimum Gasteiger partial charge on any atom is -0.496 e. The van der Waals surface area contributed by atoms with Crippen LogP contribution < -0.4 is 10.1 Å². The van der Waals surface area contributed by atoms with Crippen molar-refractivity contribution >= 4 is 29.2 Å². The number of esters is 1. The van der Waals surface area contributed by atoms with Gasteiger partial charge in [0.05, 0.1) is 17.8 Å². The van der Waals surface area contributed by atoms with E-state index < -0.39 is 5.97 Å². The van der Waals surface area contributed by atoms with Crippen molar-refractivity contribution in [2.45, 2.75) is 20.8 Å². The molecule has 0 spiro atoms. The van der Waals surface area contributed by atoms with Crippen molar-refractivity contribution in [3.8, 4) is 5.75 Å². The molecular weight excluding hydrogens is 320 g/mol.